The molecule has 3 N–H and O–H groups in total. The molecule has 3 rings (SSSR count). The molecule has 0 unspecified atom stereocenters. The summed E-state index contributed by atoms with van der Waals surface area (Å²) < 4.78 is 6.90. The zero-order valence-electron chi connectivity index (χ0n) is 12.2. The van der Waals surface area contributed by atoms with E-state index in [2.05, 4.69) is 15.4 Å². The molecule has 7 heteroatoms. The van der Waals surface area contributed by atoms with Gasteiger partial charge in [0, 0.05) is 18.2 Å². The van der Waals surface area contributed by atoms with E-state index in [-0.39, 0.29) is 11.9 Å². The molecule has 0 spiro atoms. The molecule has 112 valence electrons. The van der Waals surface area contributed by atoms with E-state index in [4.69, 9.17) is 10.5 Å². The van der Waals surface area contributed by atoms with Crippen molar-refractivity contribution in [1.29, 1.82) is 0 Å². The van der Waals surface area contributed by atoms with Crippen molar-refractivity contribution < 1.29 is 9.53 Å². The van der Waals surface area contributed by atoms with Gasteiger partial charge < -0.3 is 15.8 Å². The standard InChI is InChI=1S/C15H15N5O2/c1-9(21)17-11-5-3-4-10(8-11)12-6-7-13(22-2)14-18-15(16)19-20(12)14/h3-8H,1-2H3,(H2,16,19)(H,17,21). The number of rotatable bonds is 3. The van der Waals surface area contributed by atoms with Gasteiger partial charge in [-0.25, -0.2) is 4.52 Å². The number of nitrogens with two attached hydrogens (primary N) is 1. The van der Waals surface area contributed by atoms with Gasteiger partial charge >= 0.3 is 0 Å². The predicted molar refractivity (Wildman–Crippen MR) is 83.7 cm³/mol. The minimum atomic E-state index is -0.123. The summed E-state index contributed by atoms with van der Waals surface area (Å²) >= 11 is 0. The van der Waals surface area contributed by atoms with Crippen LogP contribution in [0.4, 0.5) is 11.6 Å². The lowest BCUT2D eigenvalue weighted by molar-refractivity contribution is -0.114. The molecule has 0 fully saturated rings. The highest BCUT2D eigenvalue weighted by Gasteiger charge is 2.12. The van der Waals surface area contributed by atoms with Gasteiger partial charge in [-0.05, 0) is 24.3 Å². The van der Waals surface area contributed by atoms with Gasteiger partial charge in [-0.3, -0.25) is 4.79 Å². The van der Waals surface area contributed by atoms with E-state index in [1.807, 2.05) is 36.4 Å². The minimum absolute atomic E-state index is 0.123. The molecule has 0 saturated heterocycles. The van der Waals surface area contributed by atoms with Gasteiger partial charge in [-0.15, -0.1) is 5.10 Å². The van der Waals surface area contributed by atoms with Crippen LogP contribution in [-0.2, 0) is 4.79 Å². The van der Waals surface area contributed by atoms with Gasteiger partial charge in [0.15, 0.2) is 11.4 Å². The zero-order valence-corrected chi connectivity index (χ0v) is 12.2. The second-order valence-electron chi connectivity index (χ2n) is 4.75. The van der Waals surface area contributed by atoms with Crippen molar-refractivity contribution in [3.05, 3.63) is 36.4 Å². The van der Waals surface area contributed by atoms with Gasteiger partial charge in [0.2, 0.25) is 11.9 Å². The third-order valence-electron chi connectivity index (χ3n) is 3.16. The first-order valence-electron chi connectivity index (χ1n) is 6.66. The summed E-state index contributed by atoms with van der Waals surface area (Å²) in [5.41, 5.74) is 8.63. The summed E-state index contributed by atoms with van der Waals surface area (Å²) in [4.78, 5) is 15.4. The Bertz CT molecular complexity index is 856. The number of pyridine rings is 1. The number of aromatic nitrogens is 3. The van der Waals surface area contributed by atoms with Crippen LogP contribution in [0.25, 0.3) is 16.9 Å². The number of anilines is 2. The molecule has 0 aliphatic heterocycles. The molecule has 0 bridgehead atoms. The van der Waals surface area contributed by atoms with Crippen LogP contribution < -0.4 is 15.8 Å². The van der Waals surface area contributed by atoms with E-state index < -0.39 is 0 Å². The number of nitrogens with one attached hydrogen (secondary N) is 1. The fraction of sp³-hybridized carbons (Fsp3) is 0.133. The number of benzene rings is 1. The number of carbonyl (C=O) groups excluding carboxylic acids is 1. The number of hydrogen-bond acceptors (Lipinski definition) is 5. The second kappa shape index (κ2) is 5.36. The van der Waals surface area contributed by atoms with Crippen molar-refractivity contribution in [2.75, 3.05) is 18.2 Å². The highest BCUT2D eigenvalue weighted by atomic mass is 16.5. The Kier molecular flexibility index (Phi) is 3.38. The van der Waals surface area contributed by atoms with Crippen LogP contribution in [0.2, 0.25) is 0 Å². The lowest BCUT2D eigenvalue weighted by Crippen LogP contribution is -2.05. The Balaban J connectivity index is 2.16. The lowest BCUT2D eigenvalue weighted by atomic mass is 10.1. The molecular formula is C15H15N5O2. The highest BCUT2D eigenvalue weighted by Crippen LogP contribution is 2.28. The Hall–Kier alpha value is -3.09. The summed E-state index contributed by atoms with van der Waals surface area (Å²) in [5, 5.41) is 6.96. The number of ether oxygens (including phenoxy) is 1. The number of fused-ring (bicyclic) bond motifs is 1. The first-order chi connectivity index (χ1) is 10.6. The van der Waals surface area contributed by atoms with Gasteiger partial charge in [-0.1, -0.05) is 12.1 Å². The van der Waals surface area contributed by atoms with E-state index in [0.717, 1.165) is 11.3 Å². The van der Waals surface area contributed by atoms with Crippen LogP contribution in [-0.4, -0.2) is 27.6 Å². The first-order valence-corrected chi connectivity index (χ1v) is 6.66. The van der Waals surface area contributed by atoms with Gasteiger partial charge in [0.1, 0.15) is 0 Å². The molecule has 2 aromatic heterocycles. The van der Waals surface area contributed by atoms with E-state index in [0.29, 0.717) is 17.1 Å². The van der Waals surface area contributed by atoms with Crippen molar-refractivity contribution in [1.82, 2.24) is 14.6 Å². The average molecular weight is 297 g/mol. The number of carbonyl (C=O) groups is 1. The molecule has 0 saturated carbocycles. The van der Waals surface area contributed by atoms with E-state index in [1.165, 1.54) is 6.92 Å². The maximum atomic E-state index is 11.2. The number of nitrogen functional groups attached to an aromatic ring is 1. The molecule has 0 aliphatic rings. The molecule has 2 heterocycles. The van der Waals surface area contributed by atoms with Crippen molar-refractivity contribution in [3.8, 4) is 17.0 Å². The van der Waals surface area contributed by atoms with Crippen LogP contribution in [0, 0.1) is 0 Å². The number of hydrogen-bond donors (Lipinski definition) is 2. The maximum absolute atomic E-state index is 11.2. The Labute approximate surface area is 126 Å². The molecule has 0 radical (unpaired) electrons. The molecule has 0 aliphatic carbocycles. The van der Waals surface area contributed by atoms with Crippen LogP contribution in [0.5, 0.6) is 5.75 Å². The predicted octanol–water partition coefficient (Wildman–Crippen LogP) is 1.95. The van der Waals surface area contributed by atoms with Crippen molar-refractivity contribution in [2.45, 2.75) is 6.92 Å². The van der Waals surface area contributed by atoms with Crippen LogP contribution in [0.3, 0.4) is 0 Å². The minimum Gasteiger partial charge on any atom is -0.493 e. The third kappa shape index (κ3) is 2.44. The second-order valence-corrected chi connectivity index (χ2v) is 4.75. The fourth-order valence-corrected chi connectivity index (χ4v) is 2.29. The summed E-state index contributed by atoms with van der Waals surface area (Å²) in [7, 11) is 1.57. The zero-order chi connectivity index (χ0) is 15.7. The molecule has 1 aromatic carbocycles. The van der Waals surface area contributed by atoms with E-state index in [1.54, 1.807) is 11.6 Å². The molecule has 22 heavy (non-hydrogen) atoms. The largest absolute Gasteiger partial charge is 0.493 e. The van der Waals surface area contributed by atoms with Crippen molar-refractivity contribution >= 4 is 23.2 Å². The van der Waals surface area contributed by atoms with Crippen molar-refractivity contribution in [3.63, 3.8) is 0 Å². The number of methoxy groups -OCH3 is 1. The number of amides is 1. The van der Waals surface area contributed by atoms with E-state index in [9.17, 15) is 4.79 Å². The lowest BCUT2D eigenvalue weighted by Gasteiger charge is -2.09. The monoisotopic (exact) mass is 297 g/mol. The molecule has 1 amide bonds. The summed E-state index contributed by atoms with van der Waals surface area (Å²) in [6.07, 6.45) is 0. The quantitative estimate of drug-likeness (QED) is 0.770. The summed E-state index contributed by atoms with van der Waals surface area (Å²) in [6.45, 7) is 1.47. The Morgan fingerprint density at radius 2 is 2.14 bits per heavy atom. The Morgan fingerprint density at radius 1 is 1.32 bits per heavy atom. The highest BCUT2D eigenvalue weighted by molar-refractivity contribution is 5.89. The van der Waals surface area contributed by atoms with Gasteiger partial charge in [0.25, 0.3) is 0 Å². The smallest absolute Gasteiger partial charge is 0.240 e. The van der Waals surface area contributed by atoms with Gasteiger partial charge in [-0.2, -0.15) is 4.98 Å². The third-order valence-corrected chi connectivity index (χ3v) is 3.16. The van der Waals surface area contributed by atoms with Crippen LogP contribution in [0.15, 0.2) is 36.4 Å². The molecule has 3 aromatic rings. The van der Waals surface area contributed by atoms with Crippen LogP contribution >= 0.6 is 0 Å². The normalized spacial score (nSPS) is 10.6. The average Bonchev–Trinajstić information content (AvgIpc) is 2.87. The number of nitrogens with zero attached hydrogens (tertiary/aromatic N) is 3. The molecule has 7 nitrogen and oxygen atoms in total. The van der Waals surface area contributed by atoms with Gasteiger partial charge in [0.05, 0.1) is 12.8 Å². The SMILES string of the molecule is COc1ccc(-c2cccc(NC(C)=O)c2)n2nc(N)nc12. The molecular weight excluding hydrogens is 282 g/mol. The molecule has 0 atom stereocenters. The summed E-state index contributed by atoms with van der Waals surface area (Å²) in [6, 6.07) is 11.1. The first kappa shape index (κ1) is 13.9. The summed E-state index contributed by atoms with van der Waals surface area (Å²) in [5.74, 6) is 0.636. The Morgan fingerprint density at radius 3 is 2.86 bits per heavy atom. The van der Waals surface area contributed by atoms with Crippen LogP contribution in [0.1, 0.15) is 6.92 Å². The maximum Gasteiger partial charge on any atom is 0.240 e. The van der Waals surface area contributed by atoms with Crippen molar-refractivity contribution in [2.24, 2.45) is 0 Å². The van der Waals surface area contributed by atoms with E-state index >= 15 is 0 Å². The topological polar surface area (TPSA) is 94.5 Å². The fourth-order valence-electron chi connectivity index (χ4n) is 2.29.